The highest BCUT2D eigenvalue weighted by Crippen LogP contribution is 2.28. The van der Waals surface area contributed by atoms with Crippen LogP contribution < -0.4 is 11.1 Å². The van der Waals surface area contributed by atoms with Crippen LogP contribution in [0.1, 0.15) is 23.7 Å². The van der Waals surface area contributed by atoms with E-state index in [2.05, 4.69) is 4.98 Å². The Hall–Kier alpha value is -2.41. The number of aromatic nitrogens is 2. The fourth-order valence-electron chi connectivity index (χ4n) is 2.78. The van der Waals surface area contributed by atoms with Crippen LogP contribution in [0.2, 0.25) is 0 Å². The number of nitrogens with zero attached hydrogens (tertiary/aromatic N) is 1. The molecule has 3 rings (SSSR count). The van der Waals surface area contributed by atoms with E-state index in [4.69, 9.17) is 4.74 Å². The Bertz CT molecular complexity index is 843. The van der Waals surface area contributed by atoms with Crippen LogP contribution in [-0.4, -0.2) is 33.8 Å². The van der Waals surface area contributed by atoms with Crippen LogP contribution in [0.4, 0.5) is 0 Å². The normalized spacial score (nSPS) is 21.8. The number of aromatic amines is 1. The van der Waals surface area contributed by atoms with Crippen molar-refractivity contribution < 1.29 is 14.6 Å². The Morgan fingerprint density at radius 2 is 2.19 bits per heavy atom. The number of carboxylic acids is 1. The molecular weight excluding hydrogens is 276 g/mol. The highest BCUT2D eigenvalue weighted by molar-refractivity contribution is 6.00. The van der Waals surface area contributed by atoms with E-state index in [9.17, 15) is 19.5 Å². The fourth-order valence-corrected chi connectivity index (χ4v) is 2.78. The smallest absolute Gasteiger partial charge is 0.337 e. The third-order valence-electron chi connectivity index (χ3n) is 3.89. The molecule has 110 valence electrons. The highest BCUT2D eigenvalue weighted by atomic mass is 16.5. The number of hydrogen-bond acceptors (Lipinski definition) is 4. The number of ether oxygens (including phenoxy) is 1. The molecule has 1 aliphatic heterocycles. The van der Waals surface area contributed by atoms with Crippen molar-refractivity contribution in [3.8, 4) is 0 Å². The predicted molar refractivity (Wildman–Crippen MR) is 74.9 cm³/mol. The van der Waals surface area contributed by atoms with Crippen LogP contribution in [-0.2, 0) is 10.3 Å². The minimum absolute atomic E-state index is 0.0409. The molecule has 1 unspecified atom stereocenters. The second-order valence-corrected chi connectivity index (χ2v) is 5.40. The Morgan fingerprint density at radius 1 is 1.43 bits per heavy atom. The number of benzene rings is 1. The first-order valence-corrected chi connectivity index (χ1v) is 6.54. The van der Waals surface area contributed by atoms with Crippen LogP contribution in [0, 0.1) is 0 Å². The molecule has 1 saturated heterocycles. The van der Waals surface area contributed by atoms with Gasteiger partial charge in [-0.05, 0) is 25.5 Å². The van der Waals surface area contributed by atoms with E-state index >= 15 is 0 Å². The average Bonchev–Trinajstić information content (AvgIpc) is 2.86. The molecule has 2 N–H and O–H groups in total. The lowest BCUT2D eigenvalue weighted by Crippen LogP contribution is -2.46. The summed E-state index contributed by atoms with van der Waals surface area (Å²) < 4.78 is 6.71. The van der Waals surface area contributed by atoms with Crippen LogP contribution in [0.3, 0.4) is 0 Å². The van der Waals surface area contributed by atoms with Crippen molar-refractivity contribution in [2.75, 3.05) is 13.2 Å². The molecule has 0 spiro atoms. The summed E-state index contributed by atoms with van der Waals surface area (Å²) >= 11 is 0. The maximum Gasteiger partial charge on any atom is 0.337 e. The van der Waals surface area contributed by atoms with Crippen molar-refractivity contribution in [2.24, 2.45) is 0 Å². The van der Waals surface area contributed by atoms with E-state index in [1.54, 1.807) is 12.1 Å². The van der Waals surface area contributed by atoms with Gasteiger partial charge in [0.2, 0.25) is 0 Å². The van der Waals surface area contributed by atoms with Crippen molar-refractivity contribution >= 4 is 17.0 Å². The Balaban J connectivity index is 2.46. The quantitative estimate of drug-likeness (QED) is 0.785. The van der Waals surface area contributed by atoms with Crippen molar-refractivity contribution in [3.63, 3.8) is 0 Å². The van der Waals surface area contributed by atoms with Gasteiger partial charge >= 0.3 is 17.1 Å². The predicted octanol–water partition coefficient (Wildman–Crippen LogP) is 0.523. The number of fused-ring (bicyclic) bond motifs is 1. The molecule has 7 nitrogen and oxygen atoms in total. The van der Waals surface area contributed by atoms with E-state index in [1.807, 2.05) is 6.92 Å². The number of rotatable bonds is 2. The molecular formula is C14H14N2O5. The molecule has 0 saturated carbocycles. The minimum atomic E-state index is -1.16. The van der Waals surface area contributed by atoms with Crippen molar-refractivity contribution in [2.45, 2.75) is 18.9 Å². The molecule has 0 aliphatic carbocycles. The van der Waals surface area contributed by atoms with Gasteiger partial charge in [-0.1, -0.05) is 6.07 Å². The summed E-state index contributed by atoms with van der Waals surface area (Å²) in [6, 6.07) is 4.57. The molecule has 21 heavy (non-hydrogen) atoms. The first kappa shape index (κ1) is 13.6. The largest absolute Gasteiger partial charge is 0.478 e. The monoisotopic (exact) mass is 290 g/mol. The molecule has 0 radical (unpaired) electrons. The number of para-hydroxylation sites is 1. The van der Waals surface area contributed by atoms with Crippen LogP contribution in [0.25, 0.3) is 11.0 Å². The summed E-state index contributed by atoms with van der Waals surface area (Å²) in [6.07, 6.45) is 0.586. The summed E-state index contributed by atoms with van der Waals surface area (Å²) in [4.78, 5) is 37.8. The van der Waals surface area contributed by atoms with Gasteiger partial charge in [0.15, 0.2) is 0 Å². The van der Waals surface area contributed by atoms with Crippen LogP contribution in [0.5, 0.6) is 0 Å². The van der Waals surface area contributed by atoms with Gasteiger partial charge in [-0.15, -0.1) is 0 Å². The molecule has 1 atom stereocenters. The molecule has 1 aliphatic rings. The lowest BCUT2D eigenvalue weighted by Gasteiger charge is -2.26. The second kappa shape index (κ2) is 4.56. The zero-order valence-electron chi connectivity index (χ0n) is 11.4. The van der Waals surface area contributed by atoms with Gasteiger partial charge in [0.1, 0.15) is 0 Å². The maximum absolute atomic E-state index is 12.3. The molecule has 1 aromatic heterocycles. The topological polar surface area (TPSA) is 101 Å². The number of carboxylic acid groups (broad SMARTS) is 1. The van der Waals surface area contributed by atoms with E-state index in [1.165, 1.54) is 10.6 Å². The zero-order chi connectivity index (χ0) is 15.2. The molecule has 1 aromatic carbocycles. The lowest BCUT2D eigenvalue weighted by molar-refractivity contribution is 0.0698. The lowest BCUT2D eigenvalue weighted by atomic mass is 10.00. The van der Waals surface area contributed by atoms with Gasteiger partial charge in [0.05, 0.1) is 28.7 Å². The van der Waals surface area contributed by atoms with Crippen molar-refractivity contribution in [1.82, 2.24) is 9.55 Å². The Kier molecular flexibility index (Phi) is 2.94. The average molecular weight is 290 g/mol. The number of H-pyrrole nitrogens is 1. The van der Waals surface area contributed by atoms with Gasteiger partial charge in [-0.3, -0.25) is 14.2 Å². The zero-order valence-corrected chi connectivity index (χ0v) is 11.4. The SMILES string of the molecule is CC1(n2c(=O)c(=O)[nH]c3c(C(=O)O)cccc32)CCOC1. The van der Waals surface area contributed by atoms with Gasteiger partial charge in [0, 0.05) is 6.61 Å². The van der Waals surface area contributed by atoms with Gasteiger partial charge in [-0.2, -0.15) is 0 Å². The van der Waals surface area contributed by atoms with Gasteiger partial charge in [-0.25, -0.2) is 4.79 Å². The molecule has 2 heterocycles. The van der Waals surface area contributed by atoms with Gasteiger partial charge < -0.3 is 14.8 Å². The van der Waals surface area contributed by atoms with E-state index in [0.29, 0.717) is 25.2 Å². The van der Waals surface area contributed by atoms with E-state index in [-0.39, 0.29) is 11.1 Å². The fraction of sp³-hybridized carbons (Fsp3) is 0.357. The Labute approximate surface area is 118 Å². The molecule has 7 heteroatoms. The third-order valence-corrected chi connectivity index (χ3v) is 3.89. The second-order valence-electron chi connectivity index (χ2n) is 5.40. The van der Waals surface area contributed by atoms with Gasteiger partial charge in [0.25, 0.3) is 0 Å². The first-order chi connectivity index (χ1) is 9.94. The number of carbonyl (C=O) groups is 1. The molecule has 0 amide bonds. The summed E-state index contributed by atoms with van der Waals surface area (Å²) in [5.74, 6) is -1.16. The van der Waals surface area contributed by atoms with Crippen molar-refractivity contribution in [3.05, 3.63) is 44.5 Å². The van der Waals surface area contributed by atoms with E-state index < -0.39 is 22.6 Å². The summed E-state index contributed by atoms with van der Waals surface area (Å²) in [5.41, 5.74) is -1.67. The molecule has 1 fully saturated rings. The maximum atomic E-state index is 12.3. The summed E-state index contributed by atoms with van der Waals surface area (Å²) in [7, 11) is 0. The standard InChI is InChI=1S/C14H14N2O5/c1-14(5-6-21-7-14)16-9-4-2-3-8(13(19)20)10(9)15-11(17)12(16)18/h2-4H,5-7H2,1H3,(H,15,17)(H,19,20). The third kappa shape index (κ3) is 1.97. The Morgan fingerprint density at radius 3 is 2.81 bits per heavy atom. The first-order valence-electron chi connectivity index (χ1n) is 6.54. The highest BCUT2D eigenvalue weighted by Gasteiger charge is 2.34. The van der Waals surface area contributed by atoms with Crippen LogP contribution in [0.15, 0.2) is 27.8 Å². The summed E-state index contributed by atoms with van der Waals surface area (Å²) in [5, 5.41) is 9.23. The summed E-state index contributed by atoms with van der Waals surface area (Å²) in [6.45, 7) is 2.63. The number of hydrogen-bond donors (Lipinski definition) is 2. The minimum Gasteiger partial charge on any atom is -0.478 e. The molecule has 0 bridgehead atoms. The number of aromatic carboxylic acids is 1. The molecule has 2 aromatic rings. The number of nitrogens with one attached hydrogen (secondary N) is 1. The van der Waals surface area contributed by atoms with Crippen LogP contribution >= 0.6 is 0 Å². The van der Waals surface area contributed by atoms with Crippen molar-refractivity contribution in [1.29, 1.82) is 0 Å². The van der Waals surface area contributed by atoms with E-state index in [0.717, 1.165) is 0 Å².